The molecule has 0 fully saturated rings. The third-order valence-corrected chi connectivity index (χ3v) is 2.66. The van der Waals surface area contributed by atoms with Gasteiger partial charge in [0.1, 0.15) is 0 Å². The number of pyridine rings is 1. The van der Waals surface area contributed by atoms with Crippen LogP contribution in [0.2, 0.25) is 0 Å². The molecular weight excluding hydrogens is 198 g/mol. The predicted molar refractivity (Wildman–Crippen MR) is 63.4 cm³/mol. The number of rotatable bonds is 3. The van der Waals surface area contributed by atoms with E-state index in [-0.39, 0.29) is 11.7 Å². The lowest BCUT2D eigenvalue weighted by atomic mass is 9.93. The standard InChI is InChI=1S/C14H13NO/c1-11(12-7-9-15-10-8-12)14(16)13-5-3-2-4-6-13/h2-11H,1H3/t11-/m0/s1. The summed E-state index contributed by atoms with van der Waals surface area (Å²) in [6.45, 7) is 1.92. The van der Waals surface area contributed by atoms with Crippen molar-refractivity contribution in [1.82, 2.24) is 4.98 Å². The zero-order valence-electron chi connectivity index (χ0n) is 9.13. The zero-order chi connectivity index (χ0) is 11.4. The third-order valence-electron chi connectivity index (χ3n) is 2.66. The highest BCUT2D eigenvalue weighted by molar-refractivity contribution is 6.00. The molecule has 1 aromatic heterocycles. The van der Waals surface area contributed by atoms with Crippen LogP contribution in [-0.4, -0.2) is 10.8 Å². The summed E-state index contributed by atoms with van der Waals surface area (Å²) < 4.78 is 0. The summed E-state index contributed by atoms with van der Waals surface area (Å²) in [5, 5.41) is 0. The van der Waals surface area contributed by atoms with Gasteiger partial charge in [0.05, 0.1) is 0 Å². The van der Waals surface area contributed by atoms with Crippen LogP contribution < -0.4 is 0 Å². The molecule has 0 bridgehead atoms. The van der Waals surface area contributed by atoms with E-state index in [1.54, 1.807) is 12.4 Å². The lowest BCUT2D eigenvalue weighted by Crippen LogP contribution is -2.09. The lowest BCUT2D eigenvalue weighted by molar-refractivity contribution is 0.0966. The van der Waals surface area contributed by atoms with Gasteiger partial charge in [0.25, 0.3) is 0 Å². The van der Waals surface area contributed by atoms with Gasteiger partial charge in [0.15, 0.2) is 5.78 Å². The van der Waals surface area contributed by atoms with Gasteiger partial charge < -0.3 is 0 Å². The van der Waals surface area contributed by atoms with E-state index in [2.05, 4.69) is 4.98 Å². The Bertz CT molecular complexity index is 465. The van der Waals surface area contributed by atoms with Gasteiger partial charge in [-0.25, -0.2) is 0 Å². The number of benzene rings is 1. The Balaban J connectivity index is 2.24. The van der Waals surface area contributed by atoms with Crippen molar-refractivity contribution in [2.24, 2.45) is 0 Å². The van der Waals surface area contributed by atoms with Gasteiger partial charge in [-0.2, -0.15) is 0 Å². The van der Waals surface area contributed by atoms with Gasteiger partial charge in [-0.3, -0.25) is 9.78 Å². The molecule has 1 heterocycles. The second-order valence-electron chi connectivity index (χ2n) is 3.73. The molecule has 1 atom stereocenters. The topological polar surface area (TPSA) is 30.0 Å². The fraction of sp³-hybridized carbons (Fsp3) is 0.143. The number of Topliss-reactive ketones (excluding diaryl/α,β-unsaturated/α-hetero) is 1. The Morgan fingerprint density at radius 2 is 1.69 bits per heavy atom. The van der Waals surface area contributed by atoms with E-state index in [1.165, 1.54) is 0 Å². The van der Waals surface area contributed by atoms with E-state index in [9.17, 15) is 4.79 Å². The van der Waals surface area contributed by atoms with Crippen LogP contribution in [0, 0.1) is 0 Å². The molecule has 0 saturated heterocycles. The fourth-order valence-electron chi connectivity index (χ4n) is 1.66. The van der Waals surface area contributed by atoms with E-state index in [1.807, 2.05) is 49.4 Å². The molecule has 0 saturated carbocycles. The smallest absolute Gasteiger partial charge is 0.170 e. The van der Waals surface area contributed by atoms with Crippen LogP contribution in [0.5, 0.6) is 0 Å². The summed E-state index contributed by atoms with van der Waals surface area (Å²) in [7, 11) is 0. The summed E-state index contributed by atoms with van der Waals surface area (Å²) in [4.78, 5) is 16.1. The number of carbonyl (C=O) groups excluding carboxylic acids is 1. The van der Waals surface area contributed by atoms with Gasteiger partial charge >= 0.3 is 0 Å². The molecule has 0 spiro atoms. The van der Waals surface area contributed by atoms with E-state index in [0.29, 0.717) is 0 Å². The van der Waals surface area contributed by atoms with Gasteiger partial charge in [-0.05, 0) is 17.7 Å². The zero-order valence-corrected chi connectivity index (χ0v) is 9.13. The summed E-state index contributed by atoms with van der Waals surface area (Å²) in [6, 6.07) is 13.1. The molecular formula is C14H13NO. The van der Waals surface area contributed by atoms with Crippen molar-refractivity contribution in [3.05, 3.63) is 66.0 Å². The lowest BCUT2D eigenvalue weighted by Gasteiger charge is -2.10. The SMILES string of the molecule is C[C@H](C(=O)c1ccccc1)c1ccncc1. The first-order chi connectivity index (χ1) is 7.79. The number of hydrogen-bond acceptors (Lipinski definition) is 2. The van der Waals surface area contributed by atoms with Gasteiger partial charge in [0.2, 0.25) is 0 Å². The van der Waals surface area contributed by atoms with Gasteiger partial charge in [0, 0.05) is 23.9 Å². The molecule has 0 amide bonds. The Morgan fingerprint density at radius 3 is 2.31 bits per heavy atom. The summed E-state index contributed by atoms with van der Waals surface area (Å²) in [5.41, 5.74) is 1.76. The molecule has 0 N–H and O–H groups in total. The molecule has 0 radical (unpaired) electrons. The largest absolute Gasteiger partial charge is 0.294 e. The maximum Gasteiger partial charge on any atom is 0.170 e. The quantitative estimate of drug-likeness (QED) is 0.730. The number of nitrogens with zero attached hydrogens (tertiary/aromatic N) is 1. The van der Waals surface area contributed by atoms with Crippen LogP contribution in [0.1, 0.15) is 28.8 Å². The van der Waals surface area contributed by atoms with Gasteiger partial charge in [-0.15, -0.1) is 0 Å². The summed E-state index contributed by atoms with van der Waals surface area (Å²) in [6.07, 6.45) is 3.42. The molecule has 2 nitrogen and oxygen atoms in total. The first-order valence-electron chi connectivity index (χ1n) is 5.28. The van der Waals surface area contributed by atoms with Crippen molar-refractivity contribution in [3.8, 4) is 0 Å². The molecule has 0 aliphatic carbocycles. The van der Waals surface area contributed by atoms with E-state index in [0.717, 1.165) is 11.1 Å². The highest BCUT2D eigenvalue weighted by Gasteiger charge is 2.16. The maximum absolute atomic E-state index is 12.1. The Hall–Kier alpha value is -1.96. The van der Waals surface area contributed by atoms with E-state index >= 15 is 0 Å². The van der Waals surface area contributed by atoms with Crippen molar-refractivity contribution < 1.29 is 4.79 Å². The predicted octanol–water partition coefficient (Wildman–Crippen LogP) is 3.07. The first kappa shape index (κ1) is 10.6. The van der Waals surface area contributed by atoms with E-state index < -0.39 is 0 Å². The number of aromatic nitrogens is 1. The van der Waals surface area contributed by atoms with Gasteiger partial charge in [-0.1, -0.05) is 37.3 Å². The first-order valence-corrected chi connectivity index (χ1v) is 5.28. The number of carbonyl (C=O) groups is 1. The minimum Gasteiger partial charge on any atom is -0.294 e. The van der Waals surface area contributed by atoms with Crippen molar-refractivity contribution in [3.63, 3.8) is 0 Å². The molecule has 16 heavy (non-hydrogen) atoms. The molecule has 80 valence electrons. The molecule has 2 rings (SSSR count). The monoisotopic (exact) mass is 211 g/mol. The average Bonchev–Trinajstić information content (AvgIpc) is 2.39. The van der Waals surface area contributed by atoms with Crippen molar-refractivity contribution in [2.75, 3.05) is 0 Å². The van der Waals surface area contributed by atoms with Crippen LogP contribution in [0.3, 0.4) is 0 Å². The van der Waals surface area contributed by atoms with Crippen LogP contribution >= 0.6 is 0 Å². The Kier molecular flexibility index (Phi) is 3.10. The fourth-order valence-corrected chi connectivity index (χ4v) is 1.66. The van der Waals surface area contributed by atoms with Crippen LogP contribution in [0.25, 0.3) is 0 Å². The maximum atomic E-state index is 12.1. The second kappa shape index (κ2) is 4.71. The molecule has 0 unspecified atom stereocenters. The Labute approximate surface area is 95.0 Å². The van der Waals surface area contributed by atoms with E-state index in [4.69, 9.17) is 0 Å². The normalized spacial score (nSPS) is 12.1. The average molecular weight is 211 g/mol. The number of hydrogen-bond donors (Lipinski definition) is 0. The highest BCUT2D eigenvalue weighted by atomic mass is 16.1. The van der Waals surface area contributed by atoms with Crippen LogP contribution in [0.4, 0.5) is 0 Å². The Morgan fingerprint density at radius 1 is 1.06 bits per heavy atom. The third kappa shape index (κ3) is 2.16. The molecule has 1 aromatic carbocycles. The molecule has 2 aromatic rings. The van der Waals surface area contributed by atoms with Crippen molar-refractivity contribution in [2.45, 2.75) is 12.8 Å². The summed E-state index contributed by atoms with van der Waals surface area (Å²) >= 11 is 0. The summed E-state index contributed by atoms with van der Waals surface area (Å²) in [5.74, 6) is 0.0252. The minimum atomic E-state index is -0.120. The second-order valence-corrected chi connectivity index (χ2v) is 3.73. The molecule has 0 aliphatic heterocycles. The molecule has 2 heteroatoms. The van der Waals surface area contributed by atoms with Crippen LogP contribution in [0.15, 0.2) is 54.9 Å². The highest BCUT2D eigenvalue weighted by Crippen LogP contribution is 2.19. The molecule has 0 aliphatic rings. The van der Waals surface area contributed by atoms with Crippen molar-refractivity contribution in [1.29, 1.82) is 0 Å². The van der Waals surface area contributed by atoms with Crippen LogP contribution in [-0.2, 0) is 0 Å². The van der Waals surface area contributed by atoms with Crippen molar-refractivity contribution >= 4 is 5.78 Å². The minimum absolute atomic E-state index is 0.120. The number of ketones is 1.